The van der Waals surface area contributed by atoms with E-state index in [4.69, 9.17) is 4.74 Å². The van der Waals surface area contributed by atoms with Gasteiger partial charge in [-0.2, -0.15) is 0 Å². The van der Waals surface area contributed by atoms with E-state index in [2.05, 4.69) is 54.6 Å². The lowest BCUT2D eigenvalue weighted by Gasteiger charge is -2.17. The molecule has 1 aromatic heterocycles. The summed E-state index contributed by atoms with van der Waals surface area (Å²) in [4.78, 5) is 16.5. The number of anilines is 3. The first-order valence-corrected chi connectivity index (χ1v) is 9.33. The van der Waals surface area contributed by atoms with Gasteiger partial charge in [-0.25, -0.2) is 4.98 Å². The molecule has 0 fully saturated rings. The zero-order valence-corrected chi connectivity index (χ0v) is 16.4. The van der Waals surface area contributed by atoms with Gasteiger partial charge in [-0.3, -0.25) is 4.79 Å². The molecular weight excluding hydrogens is 350 g/mol. The standard InChI is InChI=1S/C23H25N3O2/c1-16(2)20-11-7-8-17(3)23(20)26-21-13-12-18(14-24-21)25-22(27)15-28-19-9-5-4-6-10-19/h4-14,16H,15H2,1-3H3,(H,24,26)(H,25,27). The van der Waals surface area contributed by atoms with E-state index < -0.39 is 0 Å². The van der Waals surface area contributed by atoms with Gasteiger partial charge in [0, 0.05) is 5.69 Å². The molecule has 0 aliphatic rings. The Labute approximate surface area is 165 Å². The van der Waals surface area contributed by atoms with Crippen molar-refractivity contribution < 1.29 is 9.53 Å². The van der Waals surface area contributed by atoms with Crippen molar-refractivity contribution in [2.45, 2.75) is 26.7 Å². The molecule has 0 saturated heterocycles. The van der Waals surface area contributed by atoms with Crippen molar-refractivity contribution in [2.75, 3.05) is 17.2 Å². The molecule has 0 unspecified atom stereocenters. The maximum absolute atomic E-state index is 12.0. The number of hydrogen-bond acceptors (Lipinski definition) is 4. The molecule has 2 aromatic carbocycles. The summed E-state index contributed by atoms with van der Waals surface area (Å²) in [6.07, 6.45) is 1.63. The Kier molecular flexibility index (Phi) is 6.27. The molecule has 0 aliphatic carbocycles. The molecule has 0 aliphatic heterocycles. The number of rotatable bonds is 7. The number of amides is 1. The molecule has 144 valence electrons. The van der Waals surface area contributed by atoms with Gasteiger partial charge in [-0.05, 0) is 48.2 Å². The highest BCUT2D eigenvalue weighted by molar-refractivity contribution is 5.91. The fourth-order valence-corrected chi connectivity index (χ4v) is 2.87. The molecule has 1 amide bonds. The maximum atomic E-state index is 12.0. The van der Waals surface area contributed by atoms with Crippen LogP contribution in [-0.2, 0) is 4.79 Å². The molecule has 0 saturated carbocycles. The van der Waals surface area contributed by atoms with Crippen LogP contribution in [0.1, 0.15) is 30.9 Å². The molecule has 0 spiro atoms. The SMILES string of the molecule is Cc1cccc(C(C)C)c1Nc1ccc(NC(=O)COc2ccccc2)cn1. The van der Waals surface area contributed by atoms with Crippen molar-refractivity contribution >= 4 is 23.1 Å². The van der Waals surface area contributed by atoms with Crippen LogP contribution in [0.2, 0.25) is 0 Å². The highest BCUT2D eigenvalue weighted by Crippen LogP contribution is 2.29. The molecule has 0 atom stereocenters. The molecular formula is C23H25N3O2. The Hall–Kier alpha value is -3.34. The van der Waals surface area contributed by atoms with E-state index in [1.54, 1.807) is 6.20 Å². The van der Waals surface area contributed by atoms with Crippen LogP contribution in [0.3, 0.4) is 0 Å². The Morgan fingerprint density at radius 3 is 2.50 bits per heavy atom. The van der Waals surface area contributed by atoms with Gasteiger partial charge in [-0.15, -0.1) is 0 Å². The molecule has 0 radical (unpaired) electrons. The lowest BCUT2D eigenvalue weighted by molar-refractivity contribution is -0.118. The average Bonchev–Trinajstić information content (AvgIpc) is 2.70. The van der Waals surface area contributed by atoms with Gasteiger partial charge in [0.15, 0.2) is 6.61 Å². The maximum Gasteiger partial charge on any atom is 0.262 e. The fourth-order valence-electron chi connectivity index (χ4n) is 2.87. The summed E-state index contributed by atoms with van der Waals surface area (Å²) in [6, 6.07) is 19.2. The van der Waals surface area contributed by atoms with E-state index in [0.29, 0.717) is 17.4 Å². The number of carbonyl (C=O) groups excluding carboxylic acids is 1. The number of para-hydroxylation sites is 2. The zero-order chi connectivity index (χ0) is 19.9. The van der Waals surface area contributed by atoms with Crippen molar-refractivity contribution in [3.8, 4) is 5.75 Å². The highest BCUT2D eigenvalue weighted by Gasteiger charge is 2.10. The minimum atomic E-state index is -0.229. The second-order valence-corrected chi connectivity index (χ2v) is 6.90. The minimum absolute atomic E-state index is 0.0506. The summed E-state index contributed by atoms with van der Waals surface area (Å²) in [5.41, 5.74) is 4.12. The number of aromatic nitrogens is 1. The quantitative estimate of drug-likeness (QED) is 0.590. The minimum Gasteiger partial charge on any atom is -0.484 e. The summed E-state index contributed by atoms with van der Waals surface area (Å²) >= 11 is 0. The number of carbonyl (C=O) groups is 1. The number of aryl methyl sites for hydroxylation is 1. The van der Waals surface area contributed by atoms with Crippen LogP contribution in [-0.4, -0.2) is 17.5 Å². The second kappa shape index (κ2) is 9.04. The highest BCUT2D eigenvalue weighted by atomic mass is 16.5. The molecule has 2 N–H and O–H groups in total. The summed E-state index contributed by atoms with van der Waals surface area (Å²) < 4.78 is 5.45. The van der Waals surface area contributed by atoms with Crippen LogP contribution in [0.15, 0.2) is 66.9 Å². The van der Waals surface area contributed by atoms with Crippen LogP contribution < -0.4 is 15.4 Å². The third kappa shape index (κ3) is 5.10. The average molecular weight is 375 g/mol. The smallest absolute Gasteiger partial charge is 0.262 e. The van der Waals surface area contributed by atoms with Crippen molar-refractivity contribution in [2.24, 2.45) is 0 Å². The number of benzene rings is 2. The number of nitrogens with one attached hydrogen (secondary N) is 2. The molecule has 5 nitrogen and oxygen atoms in total. The van der Waals surface area contributed by atoms with Crippen LogP contribution in [0.25, 0.3) is 0 Å². The van der Waals surface area contributed by atoms with E-state index in [9.17, 15) is 4.79 Å². The predicted octanol–water partition coefficient (Wildman–Crippen LogP) is 5.27. The second-order valence-electron chi connectivity index (χ2n) is 6.90. The molecule has 3 rings (SSSR count). The first-order valence-electron chi connectivity index (χ1n) is 9.33. The van der Waals surface area contributed by atoms with Gasteiger partial charge in [0.05, 0.1) is 11.9 Å². The Bertz CT molecular complexity index is 922. The van der Waals surface area contributed by atoms with E-state index >= 15 is 0 Å². The third-order valence-electron chi connectivity index (χ3n) is 4.34. The van der Waals surface area contributed by atoms with E-state index in [-0.39, 0.29) is 12.5 Å². The lowest BCUT2D eigenvalue weighted by Crippen LogP contribution is -2.20. The fraction of sp³-hybridized carbons (Fsp3) is 0.217. The molecule has 28 heavy (non-hydrogen) atoms. The normalized spacial score (nSPS) is 10.6. The summed E-state index contributed by atoms with van der Waals surface area (Å²) in [7, 11) is 0. The largest absolute Gasteiger partial charge is 0.484 e. The van der Waals surface area contributed by atoms with Crippen molar-refractivity contribution in [3.63, 3.8) is 0 Å². The van der Waals surface area contributed by atoms with Crippen LogP contribution in [0.4, 0.5) is 17.2 Å². The van der Waals surface area contributed by atoms with Crippen molar-refractivity contribution in [1.82, 2.24) is 4.98 Å². The molecule has 3 aromatic rings. The monoisotopic (exact) mass is 375 g/mol. The first kappa shape index (κ1) is 19.4. The van der Waals surface area contributed by atoms with E-state index in [1.807, 2.05) is 42.5 Å². The number of pyridine rings is 1. The Balaban J connectivity index is 1.60. The van der Waals surface area contributed by atoms with E-state index in [1.165, 1.54) is 11.1 Å². The van der Waals surface area contributed by atoms with Gasteiger partial charge in [0.25, 0.3) is 5.91 Å². The number of hydrogen-bond donors (Lipinski definition) is 2. The van der Waals surface area contributed by atoms with Crippen molar-refractivity contribution in [1.29, 1.82) is 0 Å². The van der Waals surface area contributed by atoms with Crippen LogP contribution >= 0.6 is 0 Å². The summed E-state index contributed by atoms with van der Waals surface area (Å²) in [5, 5.41) is 6.19. The Morgan fingerprint density at radius 2 is 1.82 bits per heavy atom. The predicted molar refractivity (Wildman–Crippen MR) is 113 cm³/mol. The summed E-state index contributed by atoms with van der Waals surface area (Å²) in [6.45, 7) is 6.37. The number of nitrogens with zero attached hydrogens (tertiary/aromatic N) is 1. The van der Waals surface area contributed by atoms with E-state index in [0.717, 1.165) is 11.5 Å². The molecule has 5 heteroatoms. The molecule has 0 bridgehead atoms. The number of ether oxygens (including phenoxy) is 1. The zero-order valence-electron chi connectivity index (χ0n) is 16.4. The van der Waals surface area contributed by atoms with Crippen molar-refractivity contribution in [3.05, 3.63) is 78.0 Å². The van der Waals surface area contributed by atoms with Gasteiger partial charge in [-0.1, -0.05) is 50.2 Å². The third-order valence-corrected chi connectivity index (χ3v) is 4.34. The van der Waals surface area contributed by atoms with Crippen LogP contribution in [0, 0.1) is 6.92 Å². The molecule has 1 heterocycles. The van der Waals surface area contributed by atoms with Gasteiger partial charge in [0.2, 0.25) is 0 Å². The first-order chi connectivity index (χ1) is 13.5. The topological polar surface area (TPSA) is 63.2 Å². The van der Waals surface area contributed by atoms with Gasteiger partial charge < -0.3 is 15.4 Å². The lowest BCUT2D eigenvalue weighted by atomic mass is 9.98. The van der Waals surface area contributed by atoms with Gasteiger partial charge in [0.1, 0.15) is 11.6 Å². The Morgan fingerprint density at radius 1 is 1.04 bits per heavy atom. The summed E-state index contributed by atoms with van der Waals surface area (Å²) in [5.74, 6) is 1.57. The van der Waals surface area contributed by atoms with Gasteiger partial charge >= 0.3 is 0 Å². The van der Waals surface area contributed by atoms with Crippen LogP contribution in [0.5, 0.6) is 5.75 Å².